The molecule has 110 valence electrons. The molecule has 0 aromatic heterocycles. The summed E-state index contributed by atoms with van der Waals surface area (Å²) in [5.74, 6) is 0.844. The third kappa shape index (κ3) is 4.65. The van der Waals surface area contributed by atoms with Gasteiger partial charge in [0.25, 0.3) is 0 Å². The lowest BCUT2D eigenvalue weighted by atomic mass is 10.2. The summed E-state index contributed by atoms with van der Waals surface area (Å²) in [7, 11) is 1.66. The van der Waals surface area contributed by atoms with Crippen molar-refractivity contribution in [2.75, 3.05) is 24.3 Å². The maximum Gasteiger partial charge on any atom is 0.170 e. The highest BCUT2D eigenvalue weighted by molar-refractivity contribution is 7.80. The Labute approximate surface area is 130 Å². The van der Waals surface area contributed by atoms with E-state index >= 15 is 0 Å². The molecule has 0 aliphatic carbocycles. The molecule has 3 N–H and O–H groups in total. The zero-order valence-electron chi connectivity index (χ0n) is 12.1. The van der Waals surface area contributed by atoms with Gasteiger partial charge in [-0.1, -0.05) is 0 Å². The predicted molar refractivity (Wildman–Crippen MR) is 92.6 cm³/mol. The van der Waals surface area contributed by atoms with E-state index in [9.17, 15) is 0 Å². The molecule has 0 heterocycles. The molecule has 4 nitrogen and oxygen atoms in total. The van der Waals surface area contributed by atoms with Crippen LogP contribution in [0.25, 0.3) is 0 Å². The van der Waals surface area contributed by atoms with Crippen molar-refractivity contribution in [3.63, 3.8) is 0 Å². The van der Waals surface area contributed by atoms with Gasteiger partial charge in [0.05, 0.1) is 7.11 Å². The summed E-state index contributed by atoms with van der Waals surface area (Å²) in [6.07, 6.45) is 0. The number of ether oxygens (including phenoxy) is 1. The number of nitrogens with one attached hydrogen (secondary N) is 3. The van der Waals surface area contributed by atoms with E-state index < -0.39 is 0 Å². The van der Waals surface area contributed by atoms with E-state index in [1.165, 1.54) is 0 Å². The van der Waals surface area contributed by atoms with Crippen molar-refractivity contribution in [3.8, 4) is 5.75 Å². The van der Waals surface area contributed by atoms with Crippen LogP contribution >= 0.6 is 12.2 Å². The van der Waals surface area contributed by atoms with Crippen molar-refractivity contribution < 1.29 is 4.74 Å². The van der Waals surface area contributed by atoms with Crippen molar-refractivity contribution in [1.82, 2.24) is 5.32 Å². The van der Waals surface area contributed by atoms with Crippen LogP contribution in [0.4, 0.5) is 17.1 Å². The molecule has 21 heavy (non-hydrogen) atoms. The minimum Gasteiger partial charge on any atom is -0.497 e. The Kier molecular flexibility index (Phi) is 5.40. The Morgan fingerprint density at radius 1 is 0.952 bits per heavy atom. The largest absolute Gasteiger partial charge is 0.497 e. The average molecular weight is 301 g/mol. The second kappa shape index (κ2) is 7.50. The minimum absolute atomic E-state index is 0.633. The molecule has 0 spiro atoms. The van der Waals surface area contributed by atoms with Crippen molar-refractivity contribution in [1.29, 1.82) is 0 Å². The zero-order chi connectivity index (χ0) is 15.1. The van der Waals surface area contributed by atoms with Crippen LogP contribution < -0.4 is 20.7 Å². The first-order chi connectivity index (χ1) is 10.2. The number of benzene rings is 2. The number of methoxy groups -OCH3 is 1. The van der Waals surface area contributed by atoms with Crippen molar-refractivity contribution in [2.45, 2.75) is 6.92 Å². The highest BCUT2D eigenvalue weighted by Gasteiger charge is 1.98. The minimum atomic E-state index is 0.633. The molecule has 0 bridgehead atoms. The molecule has 0 aliphatic heterocycles. The van der Waals surface area contributed by atoms with Crippen LogP contribution in [-0.4, -0.2) is 18.8 Å². The first-order valence-corrected chi connectivity index (χ1v) is 7.18. The standard InChI is InChI=1S/C16H19N3OS/c1-3-17-16(21)19-14-6-4-12(5-7-14)18-13-8-10-15(20-2)11-9-13/h4-11,18H,3H2,1-2H3,(H2,17,19,21). The van der Waals surface area contributed by atoms with Crippen molar-refractivity contribution in [2.24, 2.45) is 0 Å². The van der Waals surface area contributed by atoms with E-state index in [-0.39, 0.29) is 0 Å². The van der Waals surface area contributed by atoms with Gasteiger partial charge in [0, 0.05) is 23.6 Å². The molecule has 0 aliphatic rings. The van der Waals surface area contributed by atoms with Gasteiger partial charge < -0.3 is 20.7 Å². The Hall–Kier alpha value is -2.27. The molecule has 2 rings (SSSR count). The quantitative estimate of drug-likeness (QED) is 0.734. The average Bonchev–Trinajstić information content (AvgIpc) is 2.50. The van der Waals surface area contributed by atoms with Gasteiger partial charge in [-0.05, 0) is 67.7 Å². The molecule has 0 amide bonds. The van der Waals surface area contributed by atoms with Gasteiger partial charge in [-0.3, -0.25) is 0 Å². The van der Waals surface area contributed by atoms with Gasteiger partial charge in [0.2, 0.25) is 0 Å². The smallest absolute Gasteiger partial charge is 0.170 e. The van der Waals surface area contributed by atoms with Crippen molar-refractivity contribution in [3.05, 3.63) is 48.5 Å². The summed E-state index contributed by atoms with van der Waals surface area (Å²) >= 11 is 5.15. The lowest BCUT2D eigenvalue weighted by Crippen LogP contribution is -2.27. The van der Waals surface area contributed by atoms with Crippen molar-refractivity contribution >= 4 is 34.4 Å². The SMILES string of the molecule is CCNC(=S)Nc1ccc(Nc2ccc(OC)cc2)cc1. The van der Waals surface area contributed by atoms with E-state index in [1.54, 1.807) is 7.11 Å². The normalized spacial score (nSPS) is 9.81. The maximum atomic E-state index is 5.15. The molecule has 0 radical (unpaired) electrons. The zero-order valence-corrected chi connectivity index (χ0v) is 13.0. The molecular formula is C16H19N3OS. The third-order valence-corrected chi connectivity index (χ3v) is 3.11. The second-order valence-electron chi connectivity index (χ2n) is 4.42. The van der Waals surface area contributed by atoms with Crippen LogP contribution in [0.1, 0.15) is 6.92 Å². The molecular weight excluding hydrogens is 282 g/mol. The second-order valence-corrected chi connectivity index (χ2v) is 4.82. The van der Waals surface area contributed by atoms with Crippen LogP contribution in [0.5, 0.6) is 5.75 Å². The van der Waals surface area contributed by atoms with Gasteiger partial charge >= 0.3 is 0 Å². The molecule has 0 unspecified atom stereocenters. The van der Waals surface area contributed by atoms with Crippen LogP contribution in [0.2, 0.25) is 0 Å². The Balaban J connectivity index is 1.96. The van der Waals surface area contributed by atoms with Gasteiger partial charge in [-0.25, -0.2) is 0 Å². The predicted octanol–water partition coefficient (Wildman–Crippen LogP) is 3.75. The number of hydrogen-bond acceptors (Lipinski definition) is 3. The molecule has 5 heteroatoms. The molecule has 0 fully saturated rings. The Morgan fingerprint density at radius 3 is 2.00 bits per heavy atom. The van der Waals surface area contributed by atoms with Gasteiger partial charge in [-0.2, -0.15) is 0 Å². The lowest BCUT2D eigenvalue weighted by molar-refractivity contribution is 0.415. The Morgan fingerprint density at radius 2 is 1.48 bits per heavy atom. The number of hydrogen-bond donors (Lipinski definition) is 3. The molecule has 2 aromatic rings. The van der Waals surface area contributed by atoms with Gasteiger partial charge in [0.1, 0.15) is 5.75 Å². The van der Waals surface area contributed by atoms with Crippen LogP contribution in [0.15, 0.2) is 48.5 Å². The maximum absolute atomic E-state index is 5.15. The summed E-state index contributed by atoms with van der Waals surface area (Å²) < 4.78 is 5.14. The lowest BCUT2D eigenvalue weighted by Gasteiger charge is -2.11. The van der Waals surface area contributed by atoms with Gasteiger partial charge in [0.15, 0.2) is 5.11 Å². The van der Waals surface area contributed by atoms with E-state index in [1.807, 2.05) is 55.5 Å². The number of rotatable bonds is 5. The molecule has 2 aromatic carbocycles. The topological polar surface area (TPSA) is 45.3 Å². The van der Waals surface area contributed by atoms with Crippen LogP contribution in [0.3, 0.4) is 0 Å². The fourth-order valence-electron chi connectivity index (χ4n) is 1.81. The monoisotopic (exact) mass is 301 g/mol. The summed E-state index contributed by atoms with van der Waals surface area (Å²) in [6, 6.07) is 15.8. The first-order valence-electron chi connectivity index (χ1n) is 6.77. The van der Waals surface area contributed by atoms with E-state index in [2.05, 4.69) is 16.0 Å². The first kappa shape index (κ1) is 15.1. The highest BCUT2D eigenvalue weighted by atomic mass is 32.1. The van der Waals surface area contributed by atoms with E-state index in [4.69, 9.17) is 17.0 Å². The van der Waals surface area contributed by atoms with Gasteiger partial charge in [-0.15, -0.1) is 0 Å². The summed E-state index contributed by atoms with van der Waals surface area (Å²) in [5.41, 5.74) is 2.99. The molecule has 0 atom stereocenters. The molecule has 0 saturated heterocycles. The fraction of sp³-hybridized carbons (Fsp3) is 0.188. The number of thiocarbonyl (C=S) groups is 1. The van der Waals surface area contributed by atoms with E-state index in [0.29, 0.717) is 5.11 Å². The summed E-state index contributed by atoms with van der Waals surface area (Å²) in [4.78, 5) is 0. The highest BCUT2D eigenvalue weighted by Crippen LogP contribution is 2.21. The summed E-state index contributed by atoms with van der Waals surface area (Å²) in [5, 5.41) is 10.1. The Bertz CT molecular complexity index is 581. The van der Waals surface area contributed by atoms with Crippen LogP contribution in [0, 0.1) is 0 Å². The number of anilines is 3. The fourth-order valence-corrected chi connectivity index (χ4v) is 2.08. The summed E-state index contributed by atoms with van der Waals surface area (Å²) in [6.45, 7) is 2.82. The van der Waals surface area contributed by atoms with Crippen LogP contribution in [-0.2, 0) is 0 Å². The third-order valence-electron chi connectivity index (χ3n) is 2.86. The molecule has 0 saturated carbocycles. The van der Waals surface area contributed by atoms with E-state index in [0.717, 1.165) is 29.4 Å².